The molecule has 4 nitrogen and oxygen atoms in total. The van der Waals surface area contributed by atoms with E-state index < -0.39 is 0 Å². The second-order valence-electron chi connectivity index (χ2n) is 1.72. The maximum atomic E-state index is 6.61. The van der Waals surface area contributed by atoms with Crippen LogP contribution in [0.4, 0.5) is 0 Å². The number of nitrogens with one attached hydrogen (secondary N) is 1. The minimum Gasteiger partial charge on any atom is -0.399 e. The van der Waals surface area contributed by atoms with Crippen molar-refractivity contribution in [1.29, 1.82) is 5.53 Å². The van der Waals surface area contributed by atoms with Gasteiger partial charge in [-0.05, 0) is 13.8 Å². The van der Waals surface area contributed by atoms with Gasteiger partial charge in [0.05, 0.1) is 5.71 Å². The van der Waals surface area contributed by atoms with E-state index in [1.165, 1.54) is 7.11 Å². The molecule has 0 saturated carbocycles. The van der Waals surface area contributed by atoms with Gasteiger partial charge < -0.3 is 4.84 Å². The van der Waals surface area contributed by atoms with Crippen molar-refractivity contribution >= 4 is 5.71 Å². The minimum absolute atomic E-state index is 0.162. The first kappa shape index (κ1) is 8.07. The van der Waals surface area contributed by atoms with Crippen molar-refractivity contribution < 1.29 is 4.84 Å². The molecule has 1 atom stereocenters. The van der Waals surface area contributed by atoms with E-state index in [-0.39, 0.29) is 6.04 Å². The molecular weight excluding hydrogens is 118 g/mol. The van der Waals surface area contributed by atoms with Gasteiger partial charge in [-0.2, -0.15) is 5.11 Å². The molecule has 1 unspecified atom stereocenters. The maximum absolute atomic E-state index is 6.61. The van der Waals surface area contributed by atoms with Crippen molar-refractivity contribution in [2.45, 2.75) is 19.9 Å². The molecule has 0 spiro atoms. The maximum Gasteiger partial charge on any atom is 0.109 e. The van der Waals surface area contributed by atoms with Gasteiger partial charge in [0.2, 0.25) is 0 Å². The summed E-state index contributed by atoms with van der Waals surface area (Å²) in [5.74, 6) is 0. The van der Waals surface area contributed by atoms with Crippen LogP contribution in [0.15, 0.2) is 10.3 Å². The fraction of sp³-hybridized carbons (Fsp3) is 0.800. The van der Waals surface area contributed by atoms with E-state index in [4.69, 9.17) is 5.53 Å². The number of nitrogens with zero attached hydrogens (tertiary/aromatic N) is 2. The Morgan fingerprint density at radius 3 is 2.56 bits per heavy atom. The molecule has 0 aliphatic carbocycles. The molecule has 0 amide bonds. The predicted octanol–water partition coefficient (Wildman–Crippen LogP) is 1.43. The Kier molecular flexibility index (Phi) is 3.59. The molecule has 52 valence electrons. The van der Waals surface area contributed by atoms with Crippen molar-refractivity contribution in [2.24, 2.45) is 10.3 Å². The molecule has 0 aromatic rings. The summed E-state index contributed by atoms with van der Waals surface area (Å²) in [5.41, 5.74) is 7.32. The van der Waals surface area contributed by atoms with Gasteiger partial charge in [0.1, 0.15) is 13.2 Å². The predicted molar refractivity (Wildman–Crippen MR) is 34.7 cm³/mol. The molecule has 9 heavy (non-hydrogen) atoms. The fourth-order valence-electron chi connectivity index (χ4n) is 0.314. The summed E-state index contributed by atoms with van der Waals surface area (Å²) < 4.78 is 0. The highest BCUT2D eigenvalue weighted by Crippen LogP contribution is 1.92. The highest BCUT2D eigenvalue weighted by molar-refractivity contribution is 5.86. The van der Waals surface area contributed by atoms with Gasteiger partial charge in [0, 0.05) is 0 Å². The van der Waals surface area contributed by atoms with Crippen LogP contribution in [0, 0.1) is 5.53 Å². The topological polar surface area (TPSA) is 57.8 Å². The SMILES string of the molecule is CON=C(C)C(C)N=N. The highest BCUT2D eigenvalue weighted by atomic mass is 16.6. The van der Waals surface area contributed by atoms with E-state index in [0.717, 1.165) is 0 Å². The number of rotatable bonds is 3. The van der Waals surface area contributed by atoms with Crippen LogP contribution < -0.4 is 0 Å². The summed E-state index contributed by atoms with van der Waals surface area (Å²) in [7, 11) is 1.47. The van der Waals surface area contributed by atoms with E-state index in [2.05, 4.69) is 15.1 Å². The normalized spacial score (nSPS) is 14.8. The van der Waals surface area contributed by atoms with Gasteiger partial charge in [-0.1, -0.05) is 5.16 Å². The van der Waals surface area contributed by atoms with Gasteiger partial charge in [0.25, 0.3) is 0 Å². The zero-order valence-corrected chi connectivity index (χ0v) is 5.88. The van der Waals surface area contributed by atoms with Crippen LogP contribution >= 0.6 is 0 Å². The fourth-order valence-corrected chi connectivity index (χ4v) is 0.314. The second-order valence-corrected chi connectivity index (χ2v) is 1.72. The molecule has 0 aromatic heterocycles. The Balaban J connectivity index is 3.84. The average Bonchev–Trinajstić information content (AvgIpc) is 1.87. The summed E-state index contributed by atoms with van der Waals surface area (Å²) in [4.78, 5) is 4.47. The minimum atomic E-state index is -0.162. The van der Waals surface area contributed by atoms with Crippen LogP contribution in [0.2, 0.25) is 0 Å². The number of oxime groups is 1. The van der Waals surface area contributed by atoms with E-state index >= 15 is 0 Å². The third-order valence-corrected chi connectivity index (χ3v) is 1.03. The van der Waals surface area contributed by atoms with Crippen molar-refractivity contribution in [1.82, 2.24) is 0 Å². The zero-order chi connectivity index (χ0) is 7.28. The first-order valence-electron chi connectivity index (χ1n) is 2.66. The quantitative estimate of drug-likeness (QED) is 0.349. The van der Waals surface area contributed by atoms with E-state index in [0.29, 0.717) is 5.71 Å². The first-order chi connectivity index (χ1) is 4.22. The zero-order valence-electron chi connectivity index (χ0n) is 5.88. The van der Waals surface area contributed by atoms with Gasteiger partial charge in [0.15, 0.2) is 0 Å². The number of hydrogen-bond donors (Lipinski definition) is 1. The molecule has 0 rings (SSSR count). The molecule has 0 aliphatic rings. The third kappa shape index (κ3) is 2.79. The van der Waals surface area contributed by atoms with Crippen molar-refractivity contribution in [3.8, 4) is 0 Å². The van der Waals surface area contributed by atoms with Gasteiger partial charge >= 0.3 is 0 Å². The Bertz CT molecular complexity index is 121. The molecule has 0 fully saturated rings. The van der Waals surface area contributed by atoms with Crippen molar-refractivity contribution in [3.63, 3.8) is 0 Å². The van der Waals surface area contributed by atoms with Crippen LogP contribution in [0.25, 0.3) is 0 Å². The summed E-state index contributed by atoms with van der Waals surface area (Å²) in [5, 5.41) is 6.84. The van der Waals surface area contributed by atoms with Crippen molar-refractivity contribution in [2.75, 3.05) is 7.11 Å². The molecular formula is C5H11N3O. The lowest BCUT2D eigenvalue weighted by Gasteiger charge is -1.99. The average molecular weight is 129 g/mol. The third-order valence-electron chi connectivity index (χ3n) is 1.03. The second kappa shape index (κ2) is 4.00. The lowest BCUT2D eigenvalue weighted by molar-refractivity contribution is 0.212. The lowest BCUT2D eigenvalue weighted by Crippen LogP contribution is -2.09. The van der Waals surface area contributed by atoms with E-state index in [1.54, 1.807) is 13.8 Å². The monoisotopic (exact) mass is 129 g/mol. The van der Waals surface area contributed by atoms with E-state index in [9.17, 15) is 0 Å². The Hall–Kier alpha value is -0.930. The van der Waals surface area contributed by atoms with Gasteiger partial charge in [-0.3, -0.25) is 0 Å². The molecule has 0 aliphatic heterocycles. The highest BCUT2D eigenvalue weighted by Gasteiger charge is 2.01. The molecule has 4 heteroatoms. The first-order valence-corrected chi connectivity index (χ1v) is 2.66. The largest absolute Gasteiger partial charge is 0.399 e. The summed E-state index contributed by atoms with van der Waals surface area (Å²) in [6.07, 6.45) is 0. The molecule has 0 bridgehead atoms. The Morgan fingerprint density at radius 1 is 1.67 bits per heavy atom. The molecule has 0 saturated heterocycles. The summed E-state index contributed by atoms with van der Waals surface area (Å²) in [6.45, 7) is 3.55. The lowest BCUT2D eigenvalue weighted by atomic mass is 10.2. The van der Waals surface area contributed by atoms with Gasteiger partial charge in [-0.25, -0.2) is 5.53 Å². The number of hydrogen-bond acceptors (Lipinski definition) is 4. The summed E-state index contributed by atoms with van der Waals surface area (Å²) >= 11 is 0. The molecule has 0 radical (unpaired) electrons. The van der Waals surface area contributed by atoms with Crippen LogP contribution in [0.5, 0.6) is 0 Å². The van der Waals surface area contributed by atoms with Crippen LogP contribution in [0.1, 0.15) is 13.8 Å². The Labute approximate surface area is 54.4 Å². The molecule has 1 N–H and O–H groups in total. The van der Waals surface area contributed by atoms with Gasteiger partial charge in [-0.15, -0.1) is 0 Å². The van der Waals surface area contributed by atoms with Crippen LogP contribution in [-0.2, 0) is 4.84 Å². The standard InChI is InChI=1S/C5H11N3O/c1-4(7-6)5(2)8-9-3/h4,6H,1-3H3. The van der Waals surface area contributed by atoms with Crippen LogP contribution in [-0.4, -0.2) is 18.9 Å². The summed E-state index contributed by atoms with van der Waals surface area (Å²) in [6, 6.07) is -0.162. The van der Waals surface area contributed by atoms with E-state index in [1.807, 2.05) is 0 Å². The molecule has 0 heterocycles. The molecule has 0 aromatic carbocycles. The van der Waals surface area contributed by atoms with Crippen LogP contribution in [0.3, 0.4) is 0 Å². The smallest absolute Gasteiger partial charge is 0.109 e. The van der Waals surface area contributed by atoms with Crippen molar-refractivity contribution in [3.05, 3.63) is 0 Å². The Morgan fingerprint density at radius 2 is 2.22 bits per heavy atom.